The molecular weight excluding hydrogens is 362 g/mol. The van der Waals surface area contributed by atoms with Crippen LogP contribution in [0.4, 0.5) is 11.4 Å². The van der Waals surface area contributed by atoms with Crippen molar-refractivity contribution in [3.8, 4) is 11.4 Å². The van der Waals surface area contributed by atoms with Gasteiger partial charge in [0.1, 0.15) is 6.04 Å². The topological polar surface area (TPSA) is 114 Å². The molecule has 0 spiro atoms. The molecule has 0 saturated heterocycles. The Morgan fingerprint density at radius 2 is 1.93 bits per heavy atom. The molecule has 9 heteroatoms. The van der Waals surface area contributed by atoms with Crippen molar-refractivity contribution in [2.24, 2.45) is 0 Å². The molecule has 1 atom stereocenters. The summed E-state index contributed by atoms with van der Waals surface area (Å²) in [7, 11) is 3.90. The van der Waals surface area contributed by atoms with Crippen LogP contribution in [0.25, 0.3) is 11.4 Å². The van der Waals surface area contributed by atoms with E-state index in [-0.39, 0.29) is 17.1 Å². The molecule has 0 aliphatic carbocycles. The number of non-ortho nitro benzene ring substituents is 1. The zero-order chi connectivity index (χ0) is 20.3. The Hall–Kier alpha value is -3.75. The van der Waals surface area contributed by atoms with Crippen molar-refractivity contribution in [2.75, 3.05) is 19.0 Å². The first-order chi connectivity index (χ1) is 13.3. The highest BCUT2D eigenvalue weighted by Gasteiger charge is 2.19. The van der Waals surface area contributed by atoms with Gasteiger partial charge in [-0.2, -0.15) is 4.98 Å². The number of hydrogen-bond acceptors (Lipinski definition) is 7. The first-order valence-corrected chi connectivity index (χ1v) is 8.52. The number of hydrogen-bond donors (Lipinski definition) is 1. The summed E-state index contributed by atoms with van der Waals surface area (Å²) in [5, 5.41) is 17.5. The van der Waals surface area contributed by atoms with Crippen molar-refractivity contribution in [1.29, 1.82) is 0 Å². The van der Waals surface area contributed by atoms with Gasteiger partial charge in [-0.15, -0.1) is 0 Å². The summed E-state index contributed by atoms with van der Waals surface area (Å²) in [5.74, 6) is 0.188. The first-order valence-electron chi connectivity index (χ1n) is 8.52. The molecule has 1 amide bonds. The smallest absolute Gasteiger partial charge is 0.270 e. The highest BCUT2D eigenvalue weighted by atomic mass is 16.6. The quantitative estimate of drug-likeness (QED) is 0.515. The van der Waals surface area contributed by atoms with E-state index in [9.17, 15) is 14.9 Å². The molecule has 0 bridgehead atoms. The predicted octanol–water partition coefficient (Wildman–Crippen LogP) is 3.20. The number of carbonyl (C=O) groups is 1. The minimum atomic E-state index is -0.561. The summed E-state index contributed by atoms with van der Waals surface area (Å²) < 4.78 is 5.26. The van der Waals surface area contributed by atoms with Crippen LogP contribution in [0.5, 0.6) is 0 Å². The molecule has 0 unspecified atom stereocenters. The number of nitrogens with one attached hydrogen (secondary N) is 1. The second kappa shape index (κ2) is 7.87. The summed E-state index contributed by atoms with van der Waals surface area (Å²) in [4.78, 5) is 29.0. The molecule has 2 aromatic carbocycles. The van der Waals surface area contributed by atoms with Crippen molar-refractivity contribution < 1.29 is 14.2 Å². The van der Waals surface area contributed by atoms with Crippen LogP contribution in [-0.4, -0.2) is 35.1 Å². The summed E-state index contributed by atoms with van der Waals surface area (Å²) in [6.45, 7) is 1.70. The average molecular weight is 381 g/mol. The van der Waals surface area contributed by atoms with Crippen LogP contribution in [0.1, 0.15) is 29.2 Å². The number of amides is 1. The van der Waals surface area contributed by atoms with Crippen LogP contribution in [0, 0.1) is 10.1 Å². The van der Waals surface area contributed by atoms with Crippen LogP contribution in [-0.2, 0) is 0 Å². The number of benzene rings is 2. The van der Waals surface area contributed by atoms with Gasteiger partial charge in [-0.1, -0.05) is 11.2 Å². The highest BCUT2D eigenvalue weighted by Crippen LogP contribution is 2.22. The Morgan fingerprint density at radius 3 is 2.57 bits per heavy atom. The van der Waals surface area contributed by atoms with Crippen LogP contribution in [0.15, 0.2) is 53.1 Å². The zero-order valence-corrected chi connectivity index (χ0v) is 15.6. The van der Waals surface area contributed by atoms with Crippen molar-refractivity contribution >= 4 is 17.3 Å². The lowest BCUT2D eigenvalue weighted by Gasteiger charge is -2.11. The number of aromatic nitrogens is 2. The largest absolute Gasteiger partial charge is 0.378 e. The van der Waals surface area contributed by atoms with E-state index < -0.39 is 16.9 Å². The average Bonchev–Trinajstić information content (AvgIpc) is 3.18. The Bertz CT molecular complexity index is 998. The molecule has 1 N–H and O–H groups in total. The third-order valence-electron chi connectivity index (χ3n) is 4.12. The summed E-state index contributed by atoms with van der Waals surface area (Å²) in [6.07, 6.45) is 0. The molecule has 0 aliphatic heterocycles. The second-order valence-electron chi connectivity index (χ2n) is 6.40. The second-order valence-corrected chi connectivity index (χ2v) is 6.40. The molecule has 144 valence electrons. The van der Waals surface area contributed by atoms with Gasteiger partial charge in [0.15, 0.2) is 0 Å². The molecule has 9 nitrogen and oxygen atoms in total. The normalized spacial score (nSPS) is 11.7. The number of rotatable bonds is 6. The lowest BCUT2D eigenvalue weighted by Crippen LogP contribution is -2.26. The van der Waals surface area contributed by atoms with E-state index in [4.69, 9.17) is 4.52 Å². The van der Waals surface area contributed by atoms with E-state index in [1.54, 1.807) is 6.92 Å². The Labute approximate surface area is 161 Å². The first kappa shape index (κ1) is 19.0. The van der Waals surface area contributed by atoms with Crippen molar-refractivity contribution in [2.45, 2.75) is 13.0 Å². The number of anilines is 1. The molecular formula is C19H19N5O4. The summed E-state index contributed by atoms with van der Waals surface area (Å²) >= 11 is 0. The monoisotopic (exact) mass is 381 g/mol. The number of nitrogens with zero attached hydrogens (tertiary/aromatic N) is 4. The van der Waals surface area contributed by atoms with E-state index in [1.165, 1.54) is 24.3 Å². The Balaban J connectivity index is 1.71. The molecule has 3 aromatic rings. The highest BCUT2D eigenvalue weighted by molar-refractivity contribution is 5.95. The van der Waals surface area contributed by atoms with Crippen LogP contribution in [0.2, 0.25) is 0 Å². The van der Waals surface area contributed by atoms with Gasteiger partial charge in [0, 0.05) is 43.0 Å². The molecule has 0 radical (unpaired) electrons. The van der Waals surface area contributed by atoms with Crippen molar-refractivity contribution in [3.63, 3.8) is 0 Å². The van der Waals surface area contributed by atoms with Gasteiger partial charge in [-0.25, -0.2) is 0 Å². The fraction of sp³-hybridized carbons (Fsp3) is 0.211. The van der Waals surface area contributed by atoms with Gasteiger partial charge in [0.25, 0.3) is 11.6 Å². The standard InChI is InChI=1S/C19H19N5O4/c1-12(20-18(25)14-5-4-6-16(11-14)24(26)27)19-21-17(22-28-19)13-7-9-15(10-8-13)23(2)3/h4-12H,1-3H3,(H,20,25)/t12-/m0/s1. The molecule has 28 heavy (non-hydrogen) atoms. The Kier molecular flexibility index (Phi) is 5.35. The summed E-state index contributed by atoms with van der Waals surface area (Å²) in [5.41, 5.74) is 1.87. The van der Waals surface area contributed by atoms with E-state index >= 15 is 0 Å². The molecule has 3 rings (SSSR count). The van der Waals surface area contributed by atoms with Gasteiger partial charge in [0.05, 0.1) is 4.92 Å². The maximum absolute atomic E-state index is 12.4. The fourth-order valence-electron chi connectivity index (χ4n) is 2.54. The van der Waals surface area contributed by atoms with Crippen LogP contribution in [0.3, 0.4) is 0 Å². The third-order valence-corrected chi connectivity index (χ3v) is 4.12. The fourth-order valence-corrected chi connectivity index (χ4v) is 2.54. The molecule has 1 heterocycles. The van der Waals surface area contributed by atoms with Gasteiger partial charge in [-0.05, 0) is 37.3 Å². The lowest BCUT2D eigenvalue weighted by molar-refractivity contribution is -0.384. The number of nitro benzene ring substituents is 1. The van der Waals surface area contributed by atoms with E-state index in [0.717, 1.165) is 11.3 Å². The van der Waals surface area contributed by atoms with E-state index in [1.807, 2.05) is 43.3 Å². The molecule has 0 fully saturated rings. The SMILES string of the molecule is C[C@H](NC(=O)c1cccc([N+](=O)[O-])c1)c1nc(-c2ccc(N(C)C)cc2)no1. The predicted molar refractivity (Wildman–Crippen MR) is 103 cm³/mol. The van der Waals surface area contributed by atoms with E-state index in [2.05, 4.69) is 15.5 Å². The molecule has 0 saturated carbocycles. The maximum atomic E-state index is 12.4. The molecule has 1 aromatic heterocycles. The van der Waals surface area contributed by atoms with Gasteiger partial charge < -0.3 is 14.7 Å². The maximum Gasteiger partial charge on any atom is 0.270 e. The van der Waals surface area contributed by atoms with Gasteiger partial charge in [-0.3, -0.25) is 14.9 Å². The van der Waals surface area contributed by atoms with Crippen LogP contribution >= 0.6 is 0 Å². The Morgan fingerprint density at radius 1 is 1.21 bits per heavy atom. The lowest BCUT2D eigenvalue weighted by atomic mass is 10.1. The summed E-state index contributed by atoms with van der Waals surface area (Å²) in [6, 6.07) is 12.6. The van der Waals surface area contributed by atoms with Crippen molar-refractivity contribution in [1.82, 2.24) is 15.5 Å². The minimum Gasteiger partial charge on any atom is -0.378 e. The zero-order valence-electron chi connectivity index (χ0n) is 15.6. The van der Waals surface area contributed by atoms with Gasteiger partial charge in [0.2, 0.25) is 11.7 Å². The van der Waals surface area contributed by atoms with Crippen molar-refractivity contribution in [3.05, 3.63) is 70.1 Å². The third kappa shape index (κ3) is 4.14. The molecule has 0 aliphatic rings. The van der Waals surface area contributed by atoms with E-state index in [0.29, 0.717) is 5.82 Å². The number of carbonyl (C=O) groups excluding carboxylic acids is 1. The van der Waals surface area contributed by atoms with Crippen LogP contribution < -0.4 is 10.2 Å². The number of nitro groups is 1. The minimum absolute atomic E-state index is 0.151. The van der Waals surface area contributed by atoms with Gasteiger partial charge >= 0.3 is 0 Å².